The second kappa shape index (κ2) is 5.71. The molecule has 0 spiro atoms. The zero-order valence-corrected chi connectivity index (χ0v) is 10.7. The second-order valence-electron chi connectivity index (χ2n) is 4.86. The second-order valence-corrected chi connectivity index (χ2v) is 4.86. The Hall–Kier alpha value is -1.78. The summed E-state index contributed by atoms with van der Waals surface area (Å²) in [5.74, 6) is 0.537. The van der Waals surface area contributed by atoms with Gasteiger partial charge in [0.05, 0.1) is 11.9 Å². The van der Waals surface area contributed by atoms with Crippen molar-refractivity contribution in [2.45, 2.75) is 45.1 Å². The van der Waals surface area contributed by atoms with Gasteiger partial charge in [-0.2, -0.15) is 0 Å². The number of rotatable bonds is 2. The number of urea groups is 1. The van der Waals surface area contributed by atoms with Crippen LogP contribution in [0.3, 0.4) is 0 Å². The first-order valence-electron chi connectivity index (χ1n) is 6.45. The van der Waals surface area contributed by atoms with Crippen LogP contribution in [0.4, 0.5) is 16.3 Å². The van der Waals surface area contributed by atoms with E-state index in [9.17, 15) is 4.79 Å². The van der Waals surface area contributed by atoms with Gasteiger partial charge in [0.2, 0.25) is 0 Å². The first-order valence-corrected chi connectivity index (χ1v) is 6.45. The molecule has 0 aromatic carbocycles. The van der Waals surface area contributed by atoms with Crippen molar-refractivity contribution in [2.24, 2.45) is 0 Å². The van der Waals surface area contributed by atoms with Crippen LogP contribution in [0.2, 0.25) is 0 Å². The minimum Gasteiger partial charge on any atom is -0.397 e. The Morgan fingerprint density at radius 3 is 2.78 bits per heavy atom. The molecule has 0 saturated heterocycles. The Morgan fingerprint density at radius 1 is 1.39 bits per heavy atom. The maximum Gasteiger partial charge on any atom is 0.320 e. The summed E-state index contributed by atoms with van der Waals surface area (Å²) in [6, 6.07) is 1.89. The summed E-state index contributed by atoms with van der Waals surface area (Å²) < 4.78 is 0. The molecule has 1 aromatic rings. The number of nitrogens with two attached hydrogens (primary N) is 1. The lowest BCUT2D eigenvalue weighted by atomic mass is 9.96. The summed E-state index contributed by atoms with van der Waals surface area (Å²) in [6.45, 7) is 1.89. The van der Waals surface area contributed by atoms with Gasteiger partial charge in [-0.15, -0.1) is 0 Å². The van der Waals surface area contributed by atoms with E-state index >= 15 is 0 Å². The third-order valence-corrected chi connectivity index (χ3v) is 3.33. The summed E-state index contributed by atoms with van der Waals surface area (Å²) in [4.78, 5) is 15.9. The summed E-state index contributed by atoms with van der Waals surface area (Å²) in [7, 11) is 0. The minimum atomic E-state index is -0.182. The molecule has 0 bridgehead atoms. The molecule has 0 aliphatic heterocycles. The van der Waals surface area contributed by atoms with Gasteiger partial charge in [-0.3, -0.25) is 5.32 Å². The maximum atomic E-state index is 11.8. The standard InChI is InChI=1S/C13H20N4O/c1-9-7-12(15-8-11(9)14)17-13(18)16-10-5-3-2-4-6-10/h7-8,10H,2-6,14H2,1H3,(H2,15,16,17,18). The molecular weight excluding hydrogens is 228 g/mol. The van der Waals surface area contributed by atoms with Gasteiger partial charge in [-0.25, -0.2) is 9.78 Å². The number of nitrogens with zero attached hydrogens (tertiary/aromatic N) is 1. The molecule has 1 aliphatic rings. The van der Waals surface area contributed by atoms with Crippen LogP contribution in [-0.2, 0) is 0 Å². The van der Waals surface area contributed by atoms with E-state index in [0.717, 1.165) is 18.4 Å². The number of aromatic nitrogens is 1. The number of anilines is 2. The fraction of sp³-hybridized carbons (Fsp3) is 0.538. The number of nitrogens with one attached hydrogen (secondary N) is 2. The van der Waals surface area contributed by atoms with Crippen LogP contribution < -0.4 is 16.4 Å². The van der Waals surface area contributed by atoms with Crippen molar-refractivity contribution in [1.29, 1.82) is 0 Å². The minimum absolute atomic E-state index is 0.182. The molecule has 1 heterocycles. The molecule has 1 fully saturated rings. The third-order valence-electron chi connectivity index (χ3n) is 3.33. The van der Waals surface area contributed by atoms with Gasteiger partial charge in [0, 0.05) is 6.04 Å². The summed E-state index contributed by atoms with van der Waals surface area (Å²) >= 11 is 0. The van der Waals surface area contributed by atoms with Gasteiger partial charge in [0.15, 0.2) is 0 Å². The van der Waals surface area contributed by atoms with Crippen molar-refractivity contribution < 1.29 is 4.79 Å². The van der Waals surface area contributed by atoms with Crippen LogP contribution >= 0.6 is 0 Å². The average Bonchev–Trinajstić information content (AvgIpc) is 2.35. The van der Waals surface area contributed by atoms with Crippen molar-refractivity contribution in [3.8, 4) is 0 Å². The number of aryl methyl sites for hydroxylation is 1. The molecule has 0 unspecified atom stereocenters. The molecule has 98 valence electrons. The van der Waals surface area contributed by atoms with Crippen molar-refractivity contribution >= 4 is 17.5 Å². The molecule has 2 rings (SSSR count). The van der Waals surface area contributed by atoms with Crippen LogP contribution in [0.5, 0.6) is 0 Å². The SMILES string of the molecule is Cc1cc(NC(=O)NC2CCCCC2)ncc1N. The molecule has 0 radical (unpaired) electrons. The van der Waals surface area contributed by atoms with E-state index in [1.807, 2.05) is 6.92 Å². The lowest BCUT2D eigenvalue weighted by Crippen LogP contribution is -2.39. The number of pyridine rings is 1. The lowest BCUT2D eigenvalue weighted by Gasteiger charge is -2.22. The number of hydrogen-bond donors (Lipinski definition) is 3. The van der Waals surface area contributed by atoms with Gasteiger partial charge >= 0.3 is 6.03 Å². The normalized spacial score (nSPS) is 16.3. The Bertz CT molecular complexity index is 427. The van der Waals surface area contributed by atoms with E-state index in [2.05, 4.69) is 15.6 Å². The van der Waals surface area contributed by atoms with E-state index < -0.39 is 0 Å². The van der Waals surface area contributed by atoms with Crippen molar-refractivity contribution in [1.82, 2.24) is 10.3 Å². The first-order chi connectivity index (χ1) is 8.65. The van der Waals surface area contributed by atoms with E-state index in [0.29, 0.717) is 17.5 Å². The summed E-state index contributed by atoms with van der Waals surface area (Å²) in [5, 5.41) is 5.72. The van der Waals surface area contributed by atoms with Crippen LogP contribution in [-0.4, -0.2) is 17.1 Å². The Balaban J connectivity index is 1.88. The smallest absolute Gasteiger partial charge is 0.320 e. The van der Waals surface area contributed by atoms with E-state index in [1.54, 1.807) is 12.3 Å². The van der Waals surface area contributed by atoms with E-state index in [-0.39, 0.29) is 6.03 Å². The van der Waals surface area contributed by atoms with Crippen molar-refractivity contribution in [3.05, 3.63) is 17.8 Å². The molecule has 2 amide bonds. The molecule has 1 aliphatic carbocycles. The lowest BCUT2D eigenvalue weighted by molar-refractivity contribution is 0.244. The number of carbonyl (C=O) groups excluding carboxylic acids is 1. The van der Waals surface area contributed by atoms with Gasteiger partial charge in [-0.1, -0.05) is 19.3 Å². The molecular formula is C13H20N4O. The highest BCUT2D eigenvalue weighted by Gasteiger charge is 2.15. The quantitative estimate of drug-likeness (QED) is 0.752. The van der Waals surface area contributed by atoms with Gasteiger partial charge in [-0.05, 0) is 31.4 Å². The average molecular weight is 248 g/mol. The van der Waals surface area contributed by atoms with Gasteiger partial charge < -0.3 is 11.1 Å². The fourth-order valence-electron chi connectivity index (χ4n) is 2.22. The molecule has 5 nitrogen and oxygen atoms in total. The highest BCUT2D eigenvalue weighted by Crippen LogP contribution is 2.17. The van der Waals surface area contributed by atoms with Crippen molar-refractivity contribution in [2.75, 3.05) is 11.1 Å². The highest BCUT2D eigenvalue weighted by molar-refractivity contribution is 5.88. The molecule has 0 atom stereocenters. The largest absolute Gasteiger partial charge is 0.397 e. The molecule has 1 saturated carbocycles. The first kappa shape index (κ1) is 12.7. The monoisotopic (exact) mass is 248 g/mol. The summed E-state index contributed by atoms with van der Waals surface area (Å²) in [6.07, 6.45) is 7.38. The number of amides is 2. The third kappa shape index (κ3) is 3.35. The Labute approximate surface area is 107 Å². The van der Waals surface area contributed by atoms with Gasteiger partial charge in [0.25, 0.3) is 0 Å². The molecule has 1 aromatic heterocycles. The predicted octanol–water partition coefficient (Wildman–Crippen LogP) is 2.43. The van der Waals surface area contributed by atoms with Crippen molar-refractivity contribution in [3.63, 3.8) is 0 Å². The number of hydrogen-bond acceptors (Lipinski definition) is 3. The van der Waals surface area contributed by atoms with Crippen LogP contribution in [0.1, 0.15) is 37.7 Å². The molecule has 5 heteroatoms. The Morgan fingerprint density at radius 2 is 2.11 bits per heavy atom. The number of carbonyl (C=O) groups is 1. The van der Waals surface area contributed by atoms with Crippen LogP contribution in [0.25, 0.3) is 0 Å². The van der Waals surface area contributed by atoms with Crippen LogP contribution in [0.15, 0.2) is 12.3 Å². The van der Waals surface area contributed by atoms with E-state index in [4.69, 9.17) is 5.73 Å². The molecule has 4 N–H and O–H groups in total. The van der Waals surface area contributed by atoms with E-state index in [1.165, 1.54) is 19.3 Å². The zero-order chi connectivity index (χ0) is 13.0. The fourth-order valence-corrected chi connectivity index (χ4v) is 2.22. The predicted molar refractivity (Wildman–Crippen MR) is 72.4 cm³/mol. The zero-order valence-electron chi connectivity index (χ0n) is 10.7. The highest BCUT2D eigenvalue weighted by atomic mass is 16.2. The van der Waals surface area contributed by atoms with Crippen LogP contribution in [0, 0.1) is 6.92 Å². The maximum absolute atomic E-state index is 11.8. The molecule has 18 heavy (non-hydrogen) atoms. The van der Waals surface area contributed by atoms with Gasteiger partial charge in [0.1, 0.15) is 5.82 Å². The summed E-state index contributed by atoms with van der Waals surface area (Å²) in [5.41, 5.74) is 7.23. The topological polar surface area (TPSA) is 80.0 Å². The Kier molecular flexibility index (Phi) is 4.02. The number of nitrogen functional groups attached to an aromatic ring is 1.